The van der Waals surface area contributed by atoms with Gasteiger partial charge in [-0.3, -0.25) is 4.79 Å². The molecule has 0 atom stereocenters. The Bertz CT molecular complexity index is 1000. The number of carbonyl (C=O) groups is 1. The van der Waals surface area contributed by atoms with Gasteiger partial charge in [-0.25, -0.2) is 9.98 Å². The van der Waals surface area contributed by atoms with E-state index >= 15 is 0 Å². The van der Waals surface area contributed by atoms with Crippen molar-refractivity contribution < 1.29 is 19.1 Å². The van der Waals surface area contributed by atoms with Gasteiger partial charge in [-0.05, 0) is 25.5 Å². The van der Waals surface area contributed by atoms with Crippen LogP contribution in [0.1, 0.15) is 30.5 Å². The molecule has 158 valence electrons. The van der Waals surface area contributed by atoms with Crippen LogP contribution in [0.4, 0.5) is 0 Å². The molecule has 1 N–H and O–H groups in total. The maximum Gasteiger partial charge on any atom is 0.273 e. The Morgan fingerprint density at radius 2 is 2.13 bits per heavy atom. The van der Waals surface area contributed by atoms with Crippen LogP contribution >= 0.6 is 11.6 Å². The molecule has 0 fully saturated rings. The maximum absolute atomic E-state index is 12.2. The Balaban J connectivity index is 1.80. The number of benzene rings is 1. The minimum atomic E-state index is -0.370. The first-order valence-electron chi connectivity index (χ1n) is 9.27. The summed E-state index contributed by atoms with van der Waals surface area (Å²) < 4.78 is 11.4. The largest absolute Gasteiger partial charge is 0.475 e. The Morgan fingerprint density at radius 1 is 1.37 bits per heavy atom. The number of oxime groups is 1. The molecule has 1 amide bonds. The van der Waals surface area contributed by atoms with E-state index in [1.807, 2.05) is 26.0 Å². The van der Waals surface area contributed by atoms with E-state index in [0.29, 0.717) is 28.7 Å². The van der Waals surface area contributed by atoms with Crippen molar-refractivity contribution in [2.24, 2.45) is 10.1 Å². The van der Waals surface area contributed by atoms with Crippen molar-refractivity contribution in [3.05, 3.63) is 58.2 Å². The second-order valence-corrected chi connectivity index (χ2v) is 7.58. The van der Waals surface area contributed by atoms with E-state index in [-0.39, 0.29) is 29.6 Å². The van der Waals surface area contributed by atoms with Gasteiger partial charge in [-0.2, -0.15) is 0 Å². The molecule has 30 heavy (non-hydrogen) atoms. The van der Waals surface area contributed by atoms with E-state index in [9.17, 15) is 4.79 Å². The highest BCUT2D eigenvalue weighted by Crippen LogP contribution is 2.27. The van der Waals surface area contributed by atoms with Crippen LogP contribution in [0.3, 0.4) is 0 Å². The van der Waals surface area contributed by atoms with Gasteiger partial charge in [-0.1, -0.05) is 41.0 Å². The monoisotopic (exact) mass is 430 g/mol. The summed E-state index contributed by atoms with van der Waals surface area (Å²) in [6.07, 6.45) is 1.61. The normalized spacial score (nSPS) is 15.2. The fourth-order valence-corrected chi connectivity index (χ4v) is 3.05. The van der Waals surface area contributed by atoms with Crippen molar-refractivity contribution in [3.8, 4) is 5.88 Å². The lowest BCUT2D eigenvalue weighted by Crippen LogP contribution is -2.29. The van der Waals surface area contributed by atoms with Gasteiger partial charge in [0, 0.05) is 18.8 Å². The standard InChI is InChI=1S/C21H23ClN4O4/c1-21(2)12-30-19(25-21)14-9-16(22)20(24-10-14)29-11-13-7-5-6-8-15(13)17(26-28-4)18(27)23-3/h5-10H,11-12H2,1-4H3,(H,23,27)/b26-17-. The topological polar surface area (TPSA) is 94.4 Å². The number of nitrogens with one attached hydrogen (secondary N) is 1. The van der Waals surface area contributed by atoms with E-state index < -0.39 is 0 Å². The van der Waals surface area contributed by atoms with Crippen LogP contribution in [0.2, 0.25) is 5.02 Å². The van der Waals surface area contributed by atoms with Crippen molar-refractivity contribution in [2.75, 3.05) is 20.8 Å². The third-order valence-corrected chi connectivity index (χ3v) is 4.55. The van der Waals surface area contributed by atoms with E-state index in [4.69, 9.17) is 25.9 Å². The van der Waals surface area contributed by atoms with Crippen molar-refractivity contribution in [1.82, 2.24) is 10.3 Å². The SMILES string of the molecule is CNC(=O)/C(=N\OC)c1ccccc1COc1ncc(C2=NC(C)(C)CO2)cc1Cl. The number of ether oxygens (including phenoxy) is 2. The molecule has 2 heterocycles. The van der Waals surface area contributed by atoms with E-state index in [0.717, 1.165) is 5.56 Å². The van der Waals surface area contributed by atoms with Crippen LogP contribution in [0.5, 0.6) is 5.88 Å². The van der Waals surface area contributed by atoms with E-state index in [1.165, 1.54) is 14.2 Å². The number of nitrogens with zero attached hydrogens (tertiary/aromatic N) is 3. The molecular formula is C21H23ClN4O4. The third kappa shape index (κ3) is 4.88. The van der Waals surface area contributed by atoms with Gasteiger partial charge in [0.2, 0.25) is 11.8 Å². The van der Waals surface area contributed by atoms with E-state index in [2.05, 4.69) is 20.4 Å². The van der Waals surface area contributed by atoms with Gasteiger partial charge in [-0.15, -0.1) is 0 Å². The van der Waals surface area contributed by atoms with Gasteiger partial charge < -0.3 is 19.6 Å². The average Bonchev–Trinajstić information content (AvgIpc) is 3.10. The Hall–Kier alpha value is -3.13. The van der Waals surface area contributed by atoms with Crippen LogP contribution in [-0.4, -0.2) is 48.8 Å². The first-order valence-corrected chi connectivity index (χ1v) is 9.65. The van der Waals surface area contributed by atoms with Crippen molar-refractivity contribution in [3.63, 3.8) is 0 Å². The Morgan fingerprint density at radius 3 is 2.77 bits per heavy atom. The molecule has 0 saturated heterocycles. The molecule has 1 aliphatic heterocycles. The molecule has 0 spiro atoms. The van der Waals surface area contributed by atoms with E-state index in [1.54, 1.807) is 24.4 Å². The minimum Gasteiger partial charge on any atom is -0.475 e. The summed E-state index contributed by atoms with van der Waals surface area (Å²) in [4.78, 5) is 25.8. The minimum absolute atomic E-state index is 0.131. The first kappa shape index (κ1) is 21.6. The van der Waals surface area contributed by atoms with Crippen LogP contribution in [0.15, 0.2) is 46.7 Å². The second kappa shape index (κ2) is 9.13. The number of hydrogen-bond acceptors (Lipinski definition) is 7. The van der Waals surface area contributed by atoms with Crippen LogP contribution < -0.4 is 10.1 Å². The lowest BCUT2D eigenvalue weighted by Gasteiger charge is -2.12. The summed E-state index contributed by atoms with van der Waals surface area (Å²) in [6.45, 7) is 4.62. The molecular weight excluding hydrogens is 408 g/mol. The van der Waals surface area contributed by atoms with Gasteiger partial charge in [0.15, 0.2) is 5.71 Å². The first-order chi connectivity index (χ1) is 14.3. The molecule has 1 aliphatic rings. The molecule has 0 unspecified atom stereocenters. The molecule has 1 aromatic carbocycles. The summed E-state index contributed by atoms with van der Waals surface area (Å²) in [6, 6.07) is 8.94. The second-order valence-electron chi connectivity index (χ2n) is 7.18. The predicted octanol–water partition coefficient (Wildman–Crippen LogP) is 2.97. The zero-order chi connectivity index (χ0) is 21.7. The summed E-state index contributed by atoms with van der Waals surface area (Å²) in [7, 11) is 2.91. The molecule has 3 rings (SSSR count). The highest BCUT2D eigenvalue weighted by molar-refractivity contribution is 6.45. The number of likely N-dealkylation sites (N-methyl/N-ethyl adjacent to an activating group) is 1. The number of hydrogen-bond donors (Lipinski definition) is 1. The number of amides is 1. The number of carbonyl (C=O) groups excluding carboxylic acids is 1. The highest BCUT2D eigenvalue weighted by Gasteiger charge is 2.27. The van der Waals surface area contributed by atoms with Gasteiger partial charge >= 0.3 is 0 Å². The molecule has 2 aromatic rings. The predicted molar refractivity (Wildman–Crippen MR) is 114 cm³/mol. The Kier molecular flexibility index (Phi) is 6.56. The molecule has 8 nitrogen and oxygen atoms in total. The molecule has 0 radical (unpaired) electrons. The number of pyridine rings is 1. The zero-order valence-corrected chi connectivity index (χ0v) is 18.0. The maximum atomic E-state index is 12.2. The third-order valence-electron chi connectivity index (χ3n) is 4.28. The lowest BCUT2D eigenvalue weighted by atomic mass is 10.0. The lowest BCUT2D eigenvalue weighted by molar-refractivity contribution is -0.114. The fourth-order valence-electron chi connectivity index (χ4n) is 2.83. The summed E-state index contributed by atoms with van der Waals surface area (Å²) in [5.74, 6) is 0.403. The van der Waals surface area contributed by atoms with Gasteiger partial charge in [0.25, 0.3) is 5.91 Å². The van der Waals surface area contributed by atoms with Gasteiger partial charge in [0.1, 0.15) is 25.3 Å². The number of rotatable bonds is 7. The van der Waals surface area contributed by atoms with Crippen molar-refractivity contribution >= 4 is 29.1 Å². The quantitative estimate of drug-likeness (QED) is 0.538. The van der Waals surface area contributed by atoms with Crippen LogP contribution in [-0.2, 0) is 21.0 Å². The fraction of sp³-hybridized carbons (Fsp3) is 0.333. The summed E-state index contributed by atoms with van der Waals surface area (Å²) >= 11 is 6.36. The highest BCUT2D eigenvalue weighted by atomic mass is 35.5. The van der Waals surface area contributed by atoms with Crippen LogP contribution in [0, 0.1) is 0 Å². The molecule has 9 heteroatoms. The van der Waals surface area contributed by atoms with Gasteiger partial charge in [0.05, 0.1) is 11.1 Å². The molecule has 1 aromatic heterocycles. The number of aliphatic imine (C=N–C) groups is 1. The molecule has 0 bridgehead atoms. The summed E-state index contributed by atoms with van der Waals surface area (Å²) in [5, 5.41) is 6.73. The zero-order valence-electron chi connectivity index (χ0n) is 17.2. The number of aromatic nitrogens is 1. The van der Waals surface area contributed by atoms with Crippen molar-refractivity contribution in [2.45, 2.75) is 26.0 Å². The molecule has 0 aliphatic carbocycles. The average molecular weight is 431 g/mol. The smallest absolute Gasteiger partial charge is 0.273 e. The summed E-state index contributed by atoms with van der Waals surface area (Å²) in [5.41, 5.74) is 1.87. The molecule has 0 saturated carbocycles. The number of halogens is 1. The van der Waals surface area contributed by atoms with Crippen LogP contribution in [0.25, 0.3) is 0 Å². The van der Waals surface area contributed by atoms with Crippen molar-refractivity contribution in [1.29, 1.82) is 0 Å². The Labute approximate surface area is 179 Å².